The zero-order chi connectivity index (χ0) is 14.1. The highest BCUT2D eigenvalue weighted by Crippen LogP contribution is 2.37. The summed E-state index contributed by atoms with van der Waals surface area (Å²) in [5, 5.41) is 1.72. The molecule has 3 rings (SSSR count). The highest BCUT2D eigenvalue weighted by atomic mass is 35.5. The Labute approximate surface area is 122 Å². The molecule has 0 saturated heterocycles. The largest absolute Gasteiger partial charge is 0.207 e. The van der Waals surface area contributed by atoms with E-state index in [-0.39, 0.29) is 5.82 Å². The monoisotopic (exact) mass is 284 g/mol. The van der Waals surface area contributed by atoms with E-state index < -0.39 is 5.38 Å². The Morgan fingerprint density at radius 2 is 1.60 bits per heavy atom. The Bertz CT molecular complexity index is 764. The summed E-state index contributed by atoms with van der Waals surface area (Å²) >= 11 is 6.58. The van der Waals surface area contributed by atoms with E-state index in [1.807, 2.05) is 43.3 Å². The van der Waals surface area contributed by atoms with Gasteiger partial charge in [-0.05, 0) is 34.9 Å². The summed E-state index contributed by atoms with van der Waals surface area (Å²) in [6.45, 7) is 2.01. The molecular formula is C18H14ClF. The maximum absolute atomic E-state index is 14.0. The van der Waals surface area contributed by atoms with Gasteiger partial charge in [-0.25, -0.2) is 4.39 Å². The topological polar surface area (TPSA) is 0 Å². The predicted octanol–water partition coefficient (Wildman–Crippen LogP) is 5.62. The lowest BCUT2D eigenvalue weighted by Crippen LogP contribution is -2.00. The molecule has 0 fully saturated rings. The highest BCUT2D eigenvalue weighted by molar-refractivity contribution is 6.23. The third kappa shape index (κ3) is 2.19. The van der Waals surface area contributed by atoms with Crippen LogP contribution in [0, 0.1) is 12.7 Å². The van der Waals surface area contributed by atoms with Crippen LogP contribution in [0.5, 0.6) is 0 Å². The van der Waals surface area contributed by atoms with Gasteiger partial charge in [-0.1, -0.05) is 54.6 Å². The molecule has 0 amide bonds. The van der Waals surface area contributed by atoms with Crippen LogP contribution in [0.2, 0.25) is 0 Å². The smallest absolute Gasteiger partial charge is 0.128 e. The van der Waals surface area contributed by atoms with Gasteiger partial charge in [0.2, 0.25) is 0 Å². The van der Waals surface area contributed by atoms with Gasteiger partial charge in [0.25, 0.3) is 0 Å². The third-order valence-corrected chi connectivity index (χ3v) is 4.07. The minimum absolute atomic E-state index is 0.264. The van der Waals surface area contributed by atoms with Crippen molar-refractivity contribution in [1.29, 1.82) is 0 Å². The van der Waals surface area contributed by atoms with Gasteiger partial charge in [0.15, 0.2) is 0 Å². The fraction of sp³-hybridized carbons (Fsp3) is 0.111. The van der Waals surface area contributed by atoms with E-state index in [1.54, 1.807) is 12.1 Å². The molecule has 1 atom stereocenters. The van der Waals surface area contributed by atoms with Gasteiger partial charge in [-0.15, -0.1) is 11.6 Å². The van der Waals surface area contributed by atoms with Crippen molar-refractivity contribution in [3.05, 3.63) is 83.2 Å². The second kappa shape index (κ2) is 5.26. The number of rotatable bonds is 2. The summed E-state index contributed by atoms with van der Waals surface area (Å²) in [5.74, 6) is -0.264. The molecule has 0 heterocycles. The van der Waals surface area contributed by atoms with Gasteiger partial charge in [0.05, 0.1) is 5.38 Å². The van der Waals surface area contributed by atoms with Crippen molar-refractivity contribution < 1.29 is 4.39 Å². The standard InChI is InChI=1S/C18H14ClF/c1-12-10-11-13-6-2-3-7-14(13)17(12)18(19)15-8-4-5-9-16(15)20/h2-11,18H,1H3. The van der Waals surface area contributed by atoms with Crippen LogP contribution in [0.25, 0.3) is 10.8 Å². The second-order valence-corrected chi connectivity index (χ2v) is 5.34. The molecule has 1 unspecified atom stereocenters. The first-order chi connectivity index (χ1) is 9.68. The molecule has 2 heteroatoms. The maximum atomic E-state index is 14.0. The number of alkyl halides is 1. The number of hydrogen-bond donors (Lipinski definition) is 0. The molecule has 0 aliphatic heterocycles. The highest BCUT2D eigenvalue weighted by Gasteiger charge is 2.19. The molecule has 0 saturated carbocycles. The summed E-state index contributed by atoms with van der Waals surface area (Å²) in [5.41, 5.74) is 2.58. The van der Waals surface area contributed by atoms with Crippen molar-refractivity contribution in [2.24, 2.45) is 0 Å². The van der Waals surface area contributed by atoms with E-state index in [4.69, 9.17) is 11.6 Å². The lowest BCUT2D eigenvalue weighted by molar-refractivity contribution is 0.612. The summed E-state index contributed by atoms with van der Waals surface area (Å²) in [6, 6.07) is 18.8. The van der Waals surface area contributed by atoms with Crippen molar-refractivity contribution in [3.8, 4) is 0 Å². The van der Waals surface area contributed by atoms with Crippen molar-refractivity contribution in [2.75, 3.05) is 0 Å². The Morgan fingerprint density at radius 3 is 2.40 bits per heavy atom. The first kappa shape index (κ1) is 13.1. The molecule has 0 N–H and O–H groups in total. The number of halogens is 2. The molecule has 0 nitrogen and oxygen atoms in total. The Kier molecular flexibility index (Phi) is 3.45. The third-order valence-electron chi connectivity index (χ3n) is 3.62. The van der Waals surface area contributed by atoms with E-state index in [0.29, 0.717) is 5.56 Å². The van der Waals surface area contributed by atoms with Crippen LogP contribution in [-0.4, -0.2) is 0 Å². The van der Waals surface area contributed by atoms with E-state index >= 15 is 0 Å². The molecule has 0 spiro atoms. The molecule has 0 aliphatic rings. The van der Waals surface area contributed by atoms with Crippen molar-refractivity contribution in [3.63, 3.8) is 0 Å². The van der Waals surface area contributed by atoms with Gasteiger partial charge in [-0.2, -0.15) is 0 Å². The lowest BCUT2D eigenvalue weighted by atomic mass is 9.94. The molecule has 0 aliphatic carbocycles. The van der Waals surface area contributed by atoms with Crippen molar-refractivity contribution in [1.82, 2.24) is 0 Å². The van der Waals surface area contributed by atoms with Crippen LogP contribution in [0.15, 0.2) is 60.7 Å². The van der Waals surface area contributed by atoms with E-state index in [2.05, 4.69) is 6.07 Å². The summed E-state index contributed by atoms with van der Waals surface area (Å²) in [4.78, 5) is 0. The summed E-state index contributed by atoms with van der Waals surface area (Å²) < 4.78 is 14.0. The van der Waals surface area contributed by atoms with Crippen LogP contribution in [0.3, 0.4) is 0 Å². The van der Waals surface area contributed by atoms with Crippen LogP contribution in [0.4, 0.5) is 4.39 Å². The minimum Gasteiger partial charge on any atom is -0.207 e. The average Bonchev–Trinajstić information content (AvgIpc) is 2.47. The normalized spacial score (nSPS) is 12.6. The van der Waals surface area contributed by atoms with Crippen LogP contribution in [-0.2, 0) is 0 Å². The molecule has 100 valence electrons. The molecule has 3 aromatic carbocycles. The zero-order valence-electron chi connectivity index (χ0n) is 11.1. The molecule has 3 aromatic rings. The van der Waals surface area contributed by atoms with Gasteiger partial charge in [0.1, 0.15) is 5.82 Å². The first-order valence-electron chi connectivity index (χ1n) is 6.55. The van der Waals surface area contributed by atoms with Crippen LogP contribution >= 0.6 is 11.6 Å². The second-order valence-electron chi connectivity index (χ2n) is 4.90. The van der Waals surface area contributed by atoms with Gasteiger partial charge < -0.3 is 0 Å². The van der Waals surface area contributed by atoms with Crippen LogP contribution in [0.1, 0.15) is 22.1 Å². The Hall–Kier alpha value is -1.86. The Balaban J connectivity index is 2.24. The first-order valence-corrected chi connectivity index (χ1v) is 6.99. The molecular weight excluding hydrogens is 271 g/mol. The van der Waals surface area contributed by atoms with Gasteiger partial charge >= 0.3 is 0 Å². The van der Waals surface area contributed by atoms with E-state index in [9.17, 15) is 4.39 Å². The van der Waals surface area contributed by atoms with Crippen molar-refractivity contribution >= 4 is 22.4 Å². The number of aryl methyl sites for hydroxylation is 1. The van der Waals surface area contributed by atoms with Crippen molar-refractivity contribution in [2.45, 2.75) is 12.3 Å². The van der Waals surface area contributed by atoms with Gasteiger partial charge in [-0.3, -0.25) is 0 Å². The summed E-state index contributed by atoms with van der Waals surface area (Å²) in [7, 11) is 0. The number of benzene rings is 3. The molecule has 20 heavy (non-hydrogen) atoms. The van der Waals surface area contributed by atoms with Gasteiger partial charge in [0, 0.05) is 5.56 Å². The number of hydrogen-bond acceptors (Lipinski definition) is 0. The predicted molar refractivity (Wildman–Crippen MR) is 82.8 cm³/mol. The molecule has 0 bridgehead atoms. The average molecular weight is 285 g/mol. The minimum atomic E-state index is -0.484. The van der Waals surface area contributed by atoms with Crippen LogP contribution < -0.4 is 0 Å². The fourth-order valence-corrected chi connectivity index (χ4v) is 3.04. The number of fused-ring (bicyclic) bond motifs is 1. The SMILES string of the molecule is Cc1ccc2ccccc2c1C(Cl)c1ccccc1F. The fourth-order valence-electron chi connectivity index (χ4n) is 2.58. The van der Waals surface area contributed by atoms with E-state index in [0.717, 1.165) is 21.9 Å². The molecule has 0 radical (unpaired) electrons. The quantitative estimate of drug-likeness (QED) is 0.536. The zero-order valence-corrected chi connectivity index (χ0v) is 11.9. The Morgan fingerprint density at radius 1 is 0.900 bits per heavy atom. The van der Waals surface area contributed by atoms with E-state index in [1.165, 1.54) is 6.07 Å². The maximum Gasteiger partial charge on any atom is 0.128 e. The molecule has 0 aromatic heterocycles. The summed E-state index contributed by atoms with van der Waals surface area (Å²) in [6.07, 6.45) is 0. The lowest BCUT2D eigenvalue weighted by Gasteiger charge is -2.17.